The van der Waals surface area contributed by atoms with Gasteiger partial charge in [0.05, 0.1) is 30.4 Å². The summed E-state index contributed by atoms with van der Waals surface area (Å²) in [5, 5.41) is 29.0. The fourth-order valence-corrected chi connectivity index (χ4v) is 4.78. The predicted octanol–water partition coefficient (Wildman–Crippen LogP) is 2.64. The molecular formula is C20H21N5O2S. The van der Waals surface area contributed by atoms with Gasteiger partial charge < -0.3 is 10.2 Å². The Morgan fingerprint density at radius 2 is 2.04 bits per heavy atom. The van der Waals surface area contributed by atoms with Crippen LogP contribution in [0.4, 0.5) is 0 Å². The fraction of sp³-hybridized carbons (Fsp3) is 0.350. The van der Waals surface area contributed by atoms with Crippen molar-refractivity contribution >= 4 is 16.2 Å². The van der Waals surface area contributed by atoms with Crippen molar-refractivity contribution in [1.29, 1.82) is 0 Å². The molecule has 1 aliphatic rings. The molecular weight excluding hydrogens is 374 g/mol. The van der Waals surface area contributed by atoms with Gasteiger partial charge in [0.15, 0.2) is 0 Å². The molecule has 0 radical (unpaired) electrons. The number of thiazole rings is 1. The van der Waals surface area contributed by atoms with Crippen LogP contribution in [0.5, 0.6) is 0 Å². The first-order chi connectivity index (χ1) is 13.6. The van der Waals surface area contributed by atoms with Crippen LogP contribution in [0.3, 0.4) is 0 Å². The number of nitrogens with zero attached hydrogens (tertiary/aromatic N) is 5. The Hall–Kier alpha value is -2.55. The second-order valence-electron chi connectivity index (χ2n) is 7.34. The van der Waals surface area contributed by atoms with Gasteiger partial charge in [0.25, 0.3) is 0 Å². The second-order valence-corrected chi connectivity index (χ2v) is 8.46. The van der Waals surface area contributed by atoms with Gasteiger partial charge in [0.1, 0.15) is 23.0 Å². The molecule has 3 heterocycles. The average Bonchev–Trinajstić information content (AvgIpc) is 3.07. The lowest BCUT2D eigenvalue weighted by atomic mass is 9.97. The van der Waals surface area contributed by atoms with Crippen molar-refractivity contribution < 1.29 is 10.2 Å². The molecule has 0 aliphatic heterocycles. The lowest BCUT2D eigenvalue weighted by Crippen LogP contribution is -2.11. The van der Waals surface area contributed by atoms with Crippen LogP contribution in [0.15, 0.2) is 43.0 Å². The molecule has 0 spiro atoms. The molecule has 1 unspecified atom stereocenters. The zero-order chi connectivity index (χ0) is 19.3. The molecule has 1 aromatic carbocycles. The van der Waals surface area contributed by atoms with Crippen molar-refractivity contribution in [3.05, 3.63) is 64.8 Å². The third kappa shape index (κ3) is 2.68. The first kappa shape index (κ1) is 17.5. The molecule has 3 aromatic heterocycles. The number of hydrogen-bond acceptors (Lipinski definition) is 6. The van der Waals surface area contributed by atoms with E-state index in [0.29, 0.717) is 5.69 Å². The van der Waals surface area contributed by atoms with E-state index in [4.69, 9.17) is 0 Å². The molecule has 8 heteroatoms. The third-order valence-electron chi connectivity index (χ3n) is 5.65. The molecule has 1 aliphatic carbocycles. The highest BCUT2D eigenvalue weighted by Crippen LogP contribution is 2.47. The summed E-state index contributed by atoms with van der Waals surface area (Å²) in [5.41, 5.74) is 3.29. The summed E-state index contributed by atoms with van der Waals surface area (Å²) in [6.45, 7) is 2.27. The van der Waals surface area contributed by atoms with Gasteiger partial charge in [-0.2, -0.15) is 0 Å². The van der Waals surface area contributed by atoms with E-state index in [-0.39, 0.29) is 12.0 Å². The Kier molecular flexibility index (Phi) is 4.08. The zero-order valence-corrected chi connectivity index (χ0v) is 16.3. The maximum absolute atomic E-state index is 11.0. The lowest BCUT2D eigenvalue weighted by molar-refractivity contribution is 0.208. The van der Waals surface area contributed by atoms with Crippen molar-refractivity contribution in [3.8, 4) is 5.69 Å². The summed E-state index contributed by atoms with van der Waals surface area (Å²) >= 11 is 1.63. The van der Waals surface area contributed by atoms with Crippen LogP contribution in [0, 0.1) is 0 Å². The van der Waals surface area contributed by atoms with Crippen LogP contribution in [0.2, 0.25) is 0 Å². The van der Waals surface area contributed by atoms with Crippen molar-refractivity contribution in [1.82, 2.24) is 24.4 Å². The maximum Gasteiger partial charge on any atom is 0.141 e. The molecule has 0 bridgehead atoms. The van der Waals surface area contributed by atoms with Crippen molar-refractivity contribution in [3.63, 3.8) is 0 Å². The number of benzene rings is 1. The summed E-state index contributed by atoms with van der Waals surface area (Å²) < 4.78 is 3.59. The molecule has 144 valence electrons. The summed E-state index contributed by atoms with van der Waals surface area (Å²) in [6, 6.07) is 8.04. The number of aliphatic hydroxyl groups is 2. The largest absolute Gasteiger partial charge is 0.395 e. The minimum absolute atomic E-state index is 0.0477. The van der Waals surface area contributed by atoms with Gasteiger partial charge in [-0.15, -0.1) is 16.4 Å². The van der Waals surface area contributed by atoms with E-state index in [1.807, 2.05) is 28.7 Å². The summed E-state index contributed by atoms with van der Waals surface area (Å²) in [6.07, 6.45) is 7.32. The molecule has 0 amide bonds. The van der Waals surface area contributed by atoms with Gasteiger partial charge >= 0.3 is 0 Å². The molecule has 4 aromatic rings. The zero-order valence-electron chi connectivity index (χ0n) is 15.5. The Morgan fingerprint density at radius 3 is 2.71 bits per heavy atom. The maximum atomic E-state index is 11.0. The first-order valence-corrected chi connectivity index (χ1v) is 10.2. The van der Waals surface area contributed by atoms with E-state index in [2.05, 4.69) is 22.2 Å². The quantitative estimate of drug-likeness (QED) is 0.524. The van der Waals surface area contributed by atoms with E-state index >= 15 is 0 Å². The fourth-order valence-electron chi connectivity index (χ4n) is 3.71. The number of aromatic nitrogens is 5. The number of aryl methyl sites for hydroxylation is 1. The van der Waals surface area contributed by atoms with E-state index in [1.54, 1.807) is 34.7 Å². The van der Waals surface area contributed by atoms with Gasteiger partial charge in [-0.1, -0.05) is 24.3 Å². The molecule has 1 saturated carbocycles. The Labute approximate surface area is 165 Å². The highest BCUT2D eigenvalue weighted by Gasteiger charge is 2.43. The van der Waals surface area contributed by atoms with Crippen LogP contribution in [-0.4, -0.2) is 41.2 Å². The van der Waals surface area contributed by atoms with Crippen LogP contribution >= 0.6 is 11.3 Å². The number of hydrogen-bond donors (Lipinski definition) is 2. The Bertz CT molecular complexity index is 1120. The standard InChI is InChI=1S/C20H21N5O2S/c1-2-16-18(24-12-21-9-17(24)28-16)19(27)15-10-25(23-22-15)14-5-3-13(4-6-14)20(11-26)7-8-20/h3-6,9-10,12,19,26-27H,2,7-8,11H2,1H3. The molecule has 5 rings (SSSR count). The molecule has 1 atom stereocenters. The second kappa shape index (κ2) is 6.51. The van der Waals surface area contributed by atoms with Gasteiger partial charge in [-0.05, 0) is 37.0 Å². The van der Waals surface area contributed by atoms with Crippen LogP contribution in [0.25, 0.3) is 10.5 Å². The number of rotatable bonds is 6. The number of fused-ring (bicyclic) bond motifs is 1. The van der Waals surface area contributed by atoms with Gasteiger partial charge in [-0.25, -0.2) is 9.67 Å². The molecule has 1 fully saturated rings. The van der Waals surface area contributed by atoms with E-state index < -0.39 is 6.10 Å². The van der Waals surface area contributed by atoms with Gasteiger partial charge in [-0.3, -0.25) is 4.40 Å². The Balaban J connectivity index is 1.45. The number of imidazole rings is 1. The summed E-state index contributed by atoms with van der Waals surface area (Å²) in [4.78, 5) is 6.29. The smallest absolute Gasteiger partial charge is 0.141 e. The average molecular weight is 395 g/mol. The van der Waals surface area contributed by atoms with Gasteiger partial charge in [0, 0.05) is 10.3 Å². The van der Waals surface area contributed by atoms with Crippen LogP contribution in [0.1, 0.15) is 47.7 Å². The Morgan fingerprint density at radius 1 is 1.25 bits per heavy atom. The van der Waals surface area contributed by atoms with Crippen molar-refractivity contribution in [2.75, 3.05) is 6.61 Å². The predicted molar refractivity (Wildman–Crippen MR) is 106 cm³/mol. The summed E-state index contributed by atoms with van der Waals surface area (Å²) in [7, 11) is 0. The van der Waals surface area contributed by atoms with Crippen LogP contribution in [-0.2, 0) is 11.8 Å². The highest BCUT2D eigenvalue weighted by atomic mass is 32.1. The third-order valence-corrected chi connectivity index (χ3v) is 6.90. The topological polar surface area (TPSA) is 88.5 Å². The van der Waals surface area contributed by atoms with Crippen molar-refractivity contribution in [2.24, 2.45) is 0 Å². The van der Waals surface area contributed by atoms with Gasteiger partial charge in [0.2, 0.25) is 0 Å². The molecule has 7 nitrogen and oxygen atoms in total. The monoisotopic (exact) mass is 395 g/mol. The van der Waals surface area contributed by atoms with E-state index in [0.717, 1.165) is 45.9 Å². The molecule has 2 N–H and O–H groups in total. The van der Waals surface area contributed by atoms with Crippen LogP contribution < -0.4 is 0 Å². The lowest BCUT2D eigenvalue weighted by Gasteiger charge is -2.12. The minimum Gasteiger partial charge on any atom is -0.395 e. The van der Waals surface area contributed by atoms with E-state index in [9.17, 15) is 10.2 Å². The van der Waals surface area contributed by atoms with Crippen molar-refractivity contribution in [2.45, 2.75) is 37.7 Å². The summed E-state index contributed by atoms with van der Waals surface area (Å²) in [5.74, 6) is 0. The molecule has 0 saturated heterocycles. The SMILES string of the molecule is CCc1sc2cncn2c1C(O)c1cn(-c2ccc(C3(CO)CC3)cc2)nn1. The van der Waals surface area contributed by atoms with E-state index in [1.165, 1.54) is 0 Å². The molecule has 28 heavy (non-hydrogen) atoms. The minimum atomic E-state index is -0.866. The number of aliphatic hydroxyl groups excluding tert-OH is 2. The normalized spacial score (nSPS) is 16.5. The highest BCUT2D eigenvalue weighted by molar-refractivity contribution is 7.17. The first-order valence-electron chi connectivity index (χ1n) is 9.41.